The van der Waals surface area contributed by atoms with E-state index in [1.807, 2.05) is 72.9 Å². The summed E-state index contributed by atoms with van der Waals surface area (Å²) in [4.78, 5) is 12.0. The highest BCUT2D eigenvalue weighted by Gasteiger charge is 2.34. The van der Waals surface area contributed by atoms with Crippen LogP contribution in [0.3, 0.4) is 0 Å². The van der Waals surface area contributed by atoms with Crippen LogP contribution >= 0.6 is 0 Å². The Hall–Kier alpha value is -3.76. The predicted octanol–water partition coefficient (Wildman–Crippen LogP) is 6.92. The topological polar surface area (TPSA) is 37.7 Å². The smallest absolute Gasteiger partial charge is 0.144 e. The minimum atomic E-state index is -0.124. The summed E-state index contributed by atoms with van der Waals surface area (Å²) in [7, 11) is 0. The summed E-state index contributed by atoms with van der Waals surface area (Å²) < 4.78 is 6.48. The first kappa shape index (κ1) is 20.2. The zero-order valence-corrected chi connectivity index (χ0v) is 18.1. The maximum Gasteiger partial charge on any atom is 0.144 e. The van der Waals surface area contributed by atoms with Gasteiger partial charge in [0.15, 0.2) is 0 Å². The second kappa shape index (κ2) is 9.16. The van der Waals surface area contributed by atoms with Crippen LogP contribution in [0.1, 0.15) is 29.2 Å². The summed E-state index contributed by atoms with van der Waals surface area (Å²) >= 11 is 0. The number of anilines is 2. The molecule has 1 aliphatic heterocycles. The van der Waals surface area contributed by atoms with E-state index in [0.29, 0.717) is 13.0 Å². The lowest BCUT2D eigenvalue weighted by atomic mass is 9.96. The van der Waals surface area contributed by atoms with Crippen molar-refractivity contribution in [1.29, 1.82) is 0 Å². The minimum Gasteiger partial charge on any atom is -0.368 e. The molecule has 1 unspecified atom stereocenters. The van der Waals surface area contributed by atoms with Gasteiger partial charge in [-0.3, -0.25) is 4.90 Å². The van der Waals surface area contributed by atoms with Crippen LogP contribution in [-0.4, -0.2) is 10.8 Å². The number of amidine groups is 1. The van der Waals surface area contributed by atoms with E-state index >= 15 is 0 Å². The minimum absolute atomic E-state index is 0.124. The molecule has 1 aromatic heterocycles. The molecule has 5 rings (SSSR count). The van der Waals surface area contributed by atoms with Crippen LogP contribution in [0, 0.1) is 6.92 Å². The van der Waals surface area contributed by atoms with Gasteiger partial charge < -0.3 is 4.74 Å². The third-order valence-electron chi connectivity index (χ3n) is 5.67. The van der Waals surface area contributed by atoms with Crippen LogP contribution in [0.15, 0.2) is 108 Å². The normalized spacial score (nSPS) is 16.7. The van der Waals surface area contributed by atoms with Crippen molar-refractivity contribution in [2.75, 3.05) is 4.90 Å². The van der Waals surface area contributed by atoms with Crippen molar-refractivity contribution in [2.24, 2.45) is 4.99 Å². The fourth-order valence-corrected chi connectivity index (χ4v) is 4.12. The van der Waals surface area contributed by atoms with Crippen molar-refractivity contribution in [2.45, 2.75) is 26.1 Å². The molecule has 0 fully saturated rings. The Labute approximate surface area is 188 Å². The van der Waals surface area contributed by atoms with Gasteiger partial charge in [0.1, 0.15) is 11.7 Å². The Kier molecular flexibility index (Phi) is 5.77. The van der Waals surface area contributed by atoms with Gasteiger partial charge in [0.2, 0.25) is 0 Å². The van der Waals surface area contributed by atoms with E-state index in [9.17, 15) is 0 Å². The van der Waals surface area contributed by atoms with Gasteiger partial charge in [0.25, 0.3) is 0 Å². The average Bonchev–Trinajstić information content (AvgIpc) is 2.84. The van der Waals surface area contributed by atoms with Gasteiger partial charge in [-0.1, -0.05) is 66.7 Å². The molecule has 4 nitrogen and oxygen atoms in total. The fraction of sp³-hybridized carbons (Fsp3) is 0.143. The highest BCUT2D eigenvalue weighted by molar-refractivity contribution is 6.07. The molecule has 4 aromatic rings. The van der Waals surface area contributed by atoms with E-state index in [2.05, 4.69) is 42.2 Å². The molecule has 0 amide bonds. The Bertz CT molecular complexity index is 1210. The molecule has 0 bridgehead atoms. The Morgan fingerprint density at radius 3 is 2.25 bits per heavy atom. The molecule has 2 heterocycles. The number of aryl methyl sites for hydroxylation is 1. The summed E-state index contributed by atoms with van der Waals surface area (Å²) in [6, 6.07) is 32.7. The summed E-state index contributed by atoms with van der Waals surface area (Å²) in [6.07, 6.45) is 2.40. The van der Waals surface area contributed by atoms with Gasteiger partial charge in [-0.05, 0) is 48.4 Å². The third kappa shape index (κ3) is 4.18. The van der Waals surface area contributed by atoms with Gasteiger partial charge >= 0.3 is 0 Å². The standard InChI is InChI=1S/C28H25N3O/c1-21-17-18-29-28-27(21)25(32-20-22-11-5-2-6-12-22)19-26(30-23-13-7-3-8-14-23)31(28)24-15-9-4-10-16-24/h2-18,25H,19-20H2,1H3. The zero-order chi connectivity index (χ0) is 21.8. The van der Waals surface area contributed by atoms with E-state index in [4.69, 9.17) is 14.7 Å². The number of hydrogen-bond donors (Lipinski definition) is 0. The van der Waals surface area contributed by atoms with Gasteiger partial charge in [0.05, 0.1) is 18.4 Å². The summed E-state index contributed by atoms with van der Waals surface area (Å²) in [5, 5.41) is 0. The Balaban J connectivity index is 1.60. The number of hydrogen-bond acceptors (Lipinski definition) is 3. The molecule has 158 valence electrons. The van der Waals surface area contributed by atoms with Crippen molar-refractivity contribution in [3.05, 3.63) is 120 Å². The third-order valence-corrected chi connectivity index (χ3v) is 5.67. The highest BCUT2D eigenvalue weighted by Crippen LogP contribution is 2.42. The van der Waals surface area contributed by atoms with E-state index in [1.54, 1.807) is 0 Å². The number of pyridine rings is 1. The van der Waals surface area contributed by atoms with E-state index in [-0.39, 0.29) is 6.10 Å². The maximum absolute atomic E-state index is 6.48. The zero-order valence-electron chi connectivity index (χ0n) is 18.1. The molecule has 4 heteroatoms. The molecule has 3 aromatic carbocycles. The van der Waals surface area contributed by atoms with Crippen LogP contribution in [0.2, 0.25) is 0 Å². The fourth-order valence-electron chi connectivity index (χ4n) is 4.12. The van der Waals surface area contributed by atoms with Crippen molar-refractivity contribution < 1.29 is 4.74 Å². The van der Waals surface area contributed by atoms with Crippen LogP contribution in [0.25, 0.3) is 0 Å². The van der Waals surface area contributed by atoms with Crippen LogP contribution in [0.5, 0.6) is 0 Å². The molecule has 1 atom stereocenters. The summed E-state index contributed by atoms with van der Waals surface area (Å²) in [5.74, 6) is 1.81. The molecule has 0 saturated heterocycles. The summed E-state index contributed by atoms with van der Waals surface area (Å²) in [5.41, 5.74) is 5.42. The SMILES string of the molecule is Cc1ccnc2c1C(OCc1ccccc1)CC(=Nc1ccccc1)N2c1ccccc1. The first-order valence-corrected chi connectivity index (χ1v) is 10.9. The molecular formula is C28H25N3O. The lowest BCUT2D eigenvalue weighted by Gasteiger charge is -2.36. The van der Waals surface area contributed by atoms with Crippen LogP contribution in [0.4, 0.5) is 17.2 Å². The molecule has 0 radical (unpaired) electrons. The largest absolute Gasteiger partial charge is 0.368 e. The number of fused-ring (bicyclic) bond motifs is 1. The van der Waals surface area contributed by atoms with Crippen molar-refractivity contribution in [3.8, 4) is 0 Å². The van der Waals surface area contributed by atoms with E-state index in [1.165, 1.54) is 5.56 Å². The molecule has 0 spiro atoms. The molecule has 1 aliphatic rings. The molecule has 0 saturated carbocycles. The average molecular weight is 420 g/mol. The lowest BCUT2D eigenvalue weighted by Crippen LogP contribution is -2.35. The lowest BCUT2D eigenvalue weighted by molar-refractivity contribution is 0.0429. The van der Waals surface area contributed by atoms with Crippen molar-refractivity contribution in [1.82, 2.24) is 4.98 Å². The molecular weight excluding hydrogens is 394 g/mol. The Morgan fingerprint density at radius 1 is 0.875 bits per heavy atom. The van der Waals surface area contributed by atoms with Gasteiger partial charge in [-0.25, -0.2) is 9.98 Å². The molecule has 0 N–H and O–H groups in total. The van der Waals surface area contributed by atoms with E-state index < -0.39 is 0 Å². The maximum atomic E-state index is 6.48. The van der Waals surface area contributed by atoms with Crippen LogP contribution in [-0.2, 0) is 11.3 Å². The van der Waals surface area contributed by atoms with Crippen LogP contribution < -0.4 is 4.90 Å². The number of aliphatic imine (C=N–C) groups is 1. The second-order valence-electron chi connectivity index (χ2n) is 7.89. The number of ether oxygens (including phenoxy) is 1. The second-order valence-corrected chi connectivity index (χ2v) is 7.89. The van der Waals surface area contributed by atoms with E-state index in [0.717, 1.165) is 34.2 Å². The number of benzene rings is 3. The van der Waals surface area contributed by atoms with Gasteiger partial charge in [-0.2, -0.15) is 0 Å². The number of para-hydroxylation sites is 2. The Morgan fingerprint density at radius 2 is 1.53 bits per heavy atom. The quantitative estimate of drug-likeness (QED) is 0.352. The predicted molar refractivity (Wildman–Crippen MR) is 130 cm³/mol. The monoisotopic (exact) mass is 419 g/mol. The van der Waals surface area contributed by atoms with Gasteiger partial charge in [-0.15, -0.1) is 0 Å². The number of nitrogens with zero attached hydrogens (tertiary/aromatic N) is 3. The summed E-state index contributed by atoms with van der Waals surface area (Å²) in [6.45, 7) is 2.67. The first-order chi connectivity index (χ1) is 15.8. The number of aromatic nitrogens is 1. The molecule has 32 heavy (non-hydrogen) atoms. The van der Waals surface area contributed by atoms with Crippen molar-refractivity contribution in [3.63, 3.8) is 0 Å². The number of rotatable bonds is 5. The molecule has 0 aliphatic carbocycles. The highest BCUT2D eigenvalue weighted by atomic mass is 16.5. The first-order valence-electron chi connectivity index (χ1n) is 10.9. The van der Waals surface area contributed by atoms with Gasteiger partial charge in [0, 0.05) is 23.9 Å². The van der Waals surface area contributed by atoms with Crippen molar-refractivity contribution >= 4 is 23.0 Å².